The van der Waals surface area contributed by atoms with E-state index in [1.807, 2.05) is 25.1 Å². The van der Waals surface area contributed by atoms with E-state index in [1.165, 1.54) is 0 Å². The van der Waals surface area contributed by atoms with Crippen LogP contribution in [-0.4, -0.2) is 11.5 Å². The summed E-state index contributed by atoms with van der Waals surface area (Å²) < 4.78 is 0.981. The molecule has 3 heteroatoms. The molecule has 0 fully saturated rings. The first kappa shape index (κ1) is 9.28. The lowest BCUT2D eigenvalue weighted by Crippen LogP contribution is -2.18. The summed E-state index contributed by atoms with van der Waals surface area (Å²) in [5.41, 5.74) is 0.873. The first-order chi connectivity index (χ1) is 6.18. The molecule has 0 aromatic heterocycles. The molecule has 1 aromatic carbocycles. The van der Waals surface area contributed by atoms with Crippen molar-refractivity contribution in [2.45, 2.75) is 11.8 Å². The van der Waals surface area contributed by atoms with Gasteiger partial charge in [-0.25, -0.2) is 0 Å². The Morgan fingerprint density at radius 1 is 1.54 bits per heavy atom. The minimum atomic E-state index is 0.159. The van der Waals surface area contributed by atoms with Crippen molar-refractivity contribution in [2.75, 3.05) is 5.75 Å². The third-order valence-electron chi connectivity index (χ3n) is 2.14. The molecule has 13 heavy (non-hydrogen) atoms. The molecule has 2 rings (SSSR count). The molecule has 0 spiro atoms. The maximum atomic E-state index is 11.7. The number of hydrogen-bond acceptors (Lipinski definition) is 2. The van der Waals surface area contributed by atoms with Crippen molar-refractivity contribution in [1.29, 1.82) is 0 Å². The van der Waals surface area contributed by atoms with Gasteiger partial charge < -0.3 is 0 Å². The fourth-order valence-corrected chi connectivity index (χ4v) is 2.80. The van der Waals surface area contributed by atoms with E-state index < -0.39 is 0 Å². The van der Waals surface area contributed by atoms with Gasteiger partial charge in [-0.1, -0.05) is 22.9 Å². The van der Waals surface area contributed by atoms with Gasteiger partial charge in [-0.05, 0) is 18.2 Å². The van der Waals surface area contributed by atoms with Crippen LogP contribution in [0.1, 0.15) is 17.3 Å². The number of carbonyl (C=O) groups excluding carboxylic acids is 1. The molecule has 0 saturated heterocycles. The first-order valence-corrected chi connectivity index (χ1v) is 5.93. The van der Waals surface area contributed by atoms with E-state index in [-0.39, 0.29) is 11.7 Å². The number of benzene rings is 1. The zero-order chi connectivity index (χ0) is 9.42. The lowest BCUT2D eigenvalue weighted by molar-refractivity contribution is 0.0936. The summed E-state index contributed by atoms with van der Waals surface area (Å²) in [6.45, 7) is 1.99. The molecule has 0 bridgehead atoms. The van der Waals surface area contributed by atoms with Crippen LogP contribution in [0.25, 0.3) is 0 Å². The topological polar surface area (TPSA) is 17.1 Å². The van der Waals surface area contributed by atoms with Crippen molar-refractivity contribution in [1.82, 2.24) is 0 Å². The van der Waals surface area contributed by atoms with Crippen molar-refractivity contribution in [3.8, 4) is 0 Å². The molecule has 1 heterocycles. The summed E-state index contributed by atoms with van der Waals surface area (Å²) in [6, 6.07) is 5.91. The highest BCUT2D eigenvalue weighted by molar-refractivity contribution is 9.10. The predicted octanol–water partition coefficient (Wildman–Crippen LogP) is 3.37. The van der Waals surface area contributed by atoms with E-state index in [0.29, 0.717) is 0 Å². The Morgan fingerprint density at radius 2 is 2.31 bits per heavy atom. The van der Waals surface area contributed by atoms with E-state index in [1.54, 1.807) is 11.8 Å². The average Bonchev–Trinajstić information content (AvgIpc) is 2.12. The van der Waals surface area contributed by atoms with Gasteiger partial charge in [0.1, 0.15) is 0 Å². The molecule has 1 aliphatic heterocycles. The van der Waals surface area contributed by atoms with Gasteiger partial charge in [-0.3, -0.25) is 4.79 Å². The summed E-state index contributed by atoms with van der Waals surface area (Å²) in [5, 5.41) is 0. The molecule has 0 radical (unpaired) electrons. The van der Waals surface area contributed by atoms with Crippen LogP contribution in [0.5, 0.6) is 0 Å². The van der Waals surface area contributed by atoms with Crippen LogP contribution >= 0.6 is 27.7 Å². The zero-order valence-corrected chi connectivity index (χ0v) is 9.61. The normalized spacial score (nSPS) is 21.4. The summed E-state index contributed by atoms with van der Waals surface area (Å²) in [4.78, 5) is 12.9. The molecule has 0 aliphatic carbocycles. The van der Waals surface area contributed by atoms with Gasteiger partial charge in [-0.15, -0.1) is 11.8 Å². The third kappa shape index (κ3) is 1.67. The number of halogens is 1. The summed E-state index contributed by atoms with van der Waals surface area (Å²) in [6.07, 6.45) is 0. The van der Waals surface area contributed by atoms with Gasteiger partial charge >= 0.3 is 0 Å². The highest BCUT2D eigenvalue weighted by atomic mass is 79.9. The quantitative estimate of drug-likeness (QED) is 0.708. The first-order valence-electron chi connectivity index (χ1n) is 4.15. The third-order valence-corrected chi connectivity index (χ3v) is 3.97. The number of ketones is 1. The molecule has 1 aliphatic rings. The zero-order valence-electron chi connectivity index (χ0n) is 7.21. The number of fused-ring (bicyclic) bond motifs is 1. The van der Waals surface area contributed by atoms with Crippen LogP contribution in [0.4, 0.5) is 0 Å². The van der Waals surface area contributed by atoms with E-state index in [0.717, 1.165) is 20.7 Å². The molecule has 0 saturated carbocycles. The Labute approximate surface area is 90.0 Å². The molecular weight excluding hydrogens is 248 g/mol. The predicted molar refractivity (Wildman–Crippen MR) is 58.4 cm³/mol. The monoisotopic (exact) mass is 256 g/mol. The SMILES string of the molecule is C[C@@H]1CSc2ccc(Br)cc2C1=O. The molecule has 68 valence electrons. The number of carbonyl (C=O) groups is 1. The highest BCUT2D eigenvalue weighted by Crippen LogP contribution is 2.34. The second-order valence-corrected chi connectivity index (χ2v) is 5.19. The molecular formula is C10H9BrOS. The maximum absolute atomic E-state index is 11.7. The Hall–Kier alpha value is -0.280. The lowest BCUT2D eigenvalue weighted by Gasteiger charge is -2.19. The van der Waals surface area contributed by atoms with Crippen molar-refractivity contribution in [3.05, 3.63) is 28.2 Å². The van der Waals surface area contributed by atoms with Crippen molar-refractivity contribution in [2.24, 2.45) is 5.92 Å². The number of hydrogen-bond donors (Lipinski definition) is 0. The second-order valence-electron chi connectivity index (χ2n) is 3.22. The van der Waals surface area contributed by atoms with Crippen LogP contribution < -0.4 is 0 Å². The summed E-state index contributed by atoms with van der Waals surface area (Å²) >= 11 is 5.14. The molecule has 1 nitrogen and oxygen atoms in total. The Balaban J connectivity index is 2.51. The highest BCUT2D eigenvalue weighted by Gasteiger charge is 2.24. The molecule has 1 aromatic rings. The van der Waals surface area contributed by atoms with Gasteiger partial charge in [-0.2, -0.15) is 0 Å². The van der Waals surface area contributed by atoms with Crippen molar-refractivity contribution in [3.63, 3.8) is 0 Å². The van der Waals surface area contributed by atoms with Gasteiger partial charge in [0.25, 0.3) is 0 Å². The van der Waals surface area contributed by atoms with E-state index in [2.05, 4.69) is 15.9 Å². The van der Waals surface area contributed by atoms with Gasteiger partial charge in [0.05, 0.1) is 0 Å². The van der Waals surface area contributed by atoms with Crippen LogP contribution in [0.2, 0.25) is 0 Å². The summed E-state index contributed by atoms with van der Waals surface area (Å²) in [5.74, 6) is 1.34. The van der Waals surface area contributed by atoms with Crippen LogP contribution in [0, 0.1) is 5.92 Å². The minimum absolute atomic E-state index is 0.159. The fourth-order valence-electron chi connectivity index (χ4n) is 1.38. The minimum Gasteiger partial charge on any atom is -0.294 e. The molecule has 0 unspecified atom stereocenters. The molecule has 0 N–H and O–H groups in total. The maximum Gasteiger partial charge on any atom is 0.167 e. The van der Waals surface area contributed by atoms with Crippen LogP contribution in [0.3, 0.4) is 0 Å². The van der Waals surface area contributed by atoms with Gasteiger partial charge in [0, 0.05) is 26.6 Å². The van der Waals surface area contributed by atoms with E-state index >= 15 is 0 Å². The van der Waals surface area contributed by atoms with Crippen LogP contribution in [-0.2, 0) is 0 Å². The largest absolute Gasteiger partial charge is 0.294 e. The fraction of sp³-hybridized carbons (Fsp3) is 0.300. The number of Topliss-reactive ketones (excluding diaryl/α,β-unsaturated/α-hetero) is 1. The number of thioether (sulfide) groups is 1. The second kappa shape index (κ2) is 3.46. The standard InChI is InChI=1S/C10H9BrOS/c1-6-5-13-9-3-2-7(11)4-8(9)10(6)12/h2-4,6H,5H2,1H3/t6-/m1/s1. The van der Waals surface area contributed by atoms with E-state index in [4.69, 9.17) is 0 Å². The van der Waals surface area contributed by atoms with Crippen molar-refractivity contribution >= 4 is 33.5 Å². The Bertz CT molecular complexity index is 362. The van der Waals surface area contributed by atoms with E-state index in [9.17, 15) is 4.79 Å². The molecule has 0 amide bonds. The smallest absolute Gasteiger partial charge is 0.167 e. The average molecular weight is 257 g/mol. The Kier molecular flexibility index (Phi) is 2.47. The number of rotatable bonds is 0. The van der Waals surface area contributed by atoms with Gasteiger partial charge in [0.15, 0.2) is 5.78 Å². The molecule has 1 atom stereocenters. The Morgan fingerprint density at radius 3 is 3.08 bits per heavy atom. The van der Waals surface area contributed by atoms with Gasteiger partial charge in [0.2, 0.25) is 0 Å². The summed E-state index contributed by atoms with van der Waals surface area (Å²) in [7, 11) is 0. The van der Waals surface area contributed by atoms with Crippen LogP contribution in [0.15, 0.2) is 27.6 Å². The lowest BCUT2D eigenvalue weighted by atomic mass is 10.0. The van der Waals surface area contributed by atoms with Crippen molar-refractivity contribution < 1.29 is 4.79 Å².